The predicted octanol–water partition coefficient (Wildman–Crippen LogP) is 3.06. The normalized spacial score (nSPS) is 17.5. The van der Waals surface area contributed by atoms with Gasteiger partial charge in [0.25, 0.3) is 0 Å². The van der Waals surface area contributed by atoms with Gasteiger partial charge in [0, 0.05) is 17.9 Å². The van der Waals surface area contributed by atoms with Crippen molar-refractivity contribution in [1.29, 1.82) is 0 Å². The Morgan fingerprint density at radius 1 is 1.20 bits per heavy atom. The second-order valence-electron chi connectivity index (χ2n) is 4.54. The van der Waals surface area contributed by atoms with E-state index in [1.807, 2.05) is 0 Å². The Balaban J connectivity index is 1.77. The molecule has 15 heavy (non-hydrogen) atoms. The summed E-state index contributed by atoms with van der Waals surface area (Å²) in [5.74, 6) is 0. The fraction of sp³-hybridized carbons (Fsp3) is 0.692. The smallest absolute Gasteiger partial charge is 0.0649 e. The Labute approximate surface area is 92.2 Å². The number of hydrogen-bond donors (Lipinski definition) is 0. The third-order valence-electron chi connectivity index (χ3n) is 3.39. The Morgan fingerprint density at radius 3 is 2.40 bits per heavy atom. The van der Waals surface area contributed by atoms with Crippen LogP contribution in [0.2, 0.25) is 0 Å². The van der Waals surface area contributed by atoms with Crippen molar-refractivity contribution >= 4 is 0 Å². The third kappa shape index (κ3) is 2.63. The first kappa shape index (κ1) is 10.7. The highest BCUT2D eigenvalue weighted by atomic mass is 16.5. The Bertz CT molecular complexity index is 291. The average molecular weight is 207 g/mol. The monoisotopic (exact) mass is 207 g/mol. The van der Waals surface area contributed by atoms with Crippen molar-refractivity contribution in [3.8, 4) is 0 Å². The molecule has 2 heteroatoms. The van der Waals surface area contributed by atoms with E-state index in [0.717, 1.165) is 13.2 Å². The molecule has 1 heterocycles. The van der Waals surface area contributed by atoms with Gasteiger partial charge in [-0.1, -0.05) is 12.8 Å². The van der Waals surface area contributed by atoms with Gasteiger partial charge in [-0.15, -0.1) is 0 Å². The molecule has 1 aliphatic carbocycles. The van der Waals surface area contributed by atoms with E-state index in [-0.39, 0.29) is 0 Å². The Hall–Kier alpha value is -0.760. The lowest BCUT2D eigenvalue weighted by Gasteiger charge is -2.13. The van der Waals surface area contributed by atoms with E-state index in [0.29, 0.717) is 6.10 Å². The molecule has 1 aromatic heterocycles. The van der Waals surface area contributed by atoms with Gasteiger partial charge in [-0.3, -0.25) is 0 Å². The molecule has 84 valence electrons. The number of aryl methyl sites for hydroxylation is 2. The van der Waals surface area contributed by atoms with Crippen LogP contribution in [0.1, 0.15) is 37.1 Å². The maximum Gasteiger partial charge on any atom is 0.0649 e. The van der Waals surface area contributed by atoms with E-state index in [2.05, 4.69) is 30.5 Å². The third-order valence-corrected chi connectivity index (χ3v) is 3.39. The first-order valence-electron chi connectivity index (χ1n) is 6.01. The van der Waals surface area contributed by atoms with Crippen LogP contribution in [-0.4, -0.2) is 17.3 Å². The van der Waals surface area contributed by atoms with Crippen LogP contribution < -0.4 is 0 Å². The summed E-state index contributed by atoms with van der Waals surface area (Å²) in [4.78, 5) is 0. The number of nitrogens with zero attached hydrogens (tertiary/aromatic N) is 1. The maximum atomic E-state index is 5.87. The van der Waals surface area contributed by atoms with Gasteiger partial charge in [-0.05, 0) is 38.8 Å². The van der Waals surface area contributed by atoms with Crippen LogP contribution in [0.25, 0.3) is 0 Å². The molecule has 1 aromatic rings. The van der Waals surface area contributed by atoms with Crippen LogP contribution in [-0.2, 0) is 11.3 Å². The SMILES string of the molecule is Cc1ccc(C)n1CCOC1CCCC1. The highest BCUT2D eigenvalue weighted by Crippen LogP contribution is 2.20. The van der Waals surface area contributed by atoms with Crippen LogP contribution in [0.5, 0.6) is 0 Å². The van der Waals surface area contributed by atoms with Gasteiger partial charge < -0.3 is 9.30 Å². The molecule has 0 radical (unpaired) electrons. The van der Waals surface area contributed by atoms with Gasteiger partial charge in [0.2, 0.25) is 0 Å². The van der Waals surface area contributed by atoms with E-state index in [1.54, 1.807) is 0 Å². The number of hydrogen-bond acceptors (Lipinski definition) is 1. The van der Waals surface area contributed by atoms with Gasteiger partial charge in [-0.25, -0.2) is 0 Å². The van der Waals surface area contributed by atoms with E-state index in [1.165, 1.54) is 37.1 Å². The summed E-state index contributed by atoms with van der Waals surface area (Å²) < 4.78 is 8.19. The molecule has 1 fully saturated rings. The number of rotatable bonds is 4. The highest BCUT2D eigenvalue weighted by molar-refractivity contribution is 5.13. The summed E-state index contributed by atoms with van der Waals surface area (Å²) in [6.07, 6.45) is 5.78. The van der Waals surface area contributed by atoms with Gasteiger partial charge in [0.1, 0.15) is 0 Å². The van der Waals surface area contributed by atoms with Crippen LogP contribution in [0, 0.1) is 13.8 Å². The molecule has 0 aromatic carbocycles. The molecule has 0 saturated heterocycles. The first-order chi connectivity index (χ1) is 7.27. The van der Waals surface area contributed by atoms with E-state index in [9.17, 15) is 0 Å². The average Bonchev–Trinajstić information content (AvgIpc) is 2.82. The van der Waals surface area contributed by atoms with Crippen molar-refractivity contribution in [1.82, 2.24) is 4.57 Å². The summed E-state index contributed by atoms with van der Waals surface area (Å²) >= 11 is 0. The van der Waals surface area contributed by atoms with Crippen LogP contribution in [0.3, 0.4) is 0 Å². The topological polar surface area (TPSA) is 14.2 Å². The molecule has 0 unspecified atom stereocenters. The van der Waals surface area contributed by atoms with E-state index < -0.39 is 0 Å². The largest absolute Gasteiger partial charge is 0.376 e. The molecule has 0 bridgehead atoms. The van der Waals surface area contributed by atoms with Gasteiger partial charge >= 0.3 is 0 Å². The van der Waals surface area contributed by atoms with E-state index in [4.69, 9.17) is 4.74 Å². The van der Waals surface area contributed by atoms with Crippen molar-refractivity contribution in [2.45, 2.75) is 52.2 Å². The molecular formula is C13H21NO. The lowest BCUT2D eigenvalue weighted by molar-refractivity contribution is 0.0525. The first-order valence-corrected chi connectivity index (χ1v) is 6.01. The molecular weight excluding hydrogens is 186 g/mol. The molecule has 1 saturated carbocycles. The lowest BCUT2D eigenvalue weighted by Crippen LogP contribution is -2.14. The number of aromatic nitrogens is 1. The molecule has 1 aliphatic rings. The number of ether oxygens (including phenoxy) is 1. The van der Waals surface area contributed by atoms with Gasteiger partial charge in [0.05, 0.1) is 12.7 Å². The second kappa shape index (κ2) is 4.84. The zero-order valence-corrected chi connectivity index (χ0v) is 9.83. The molecule has 0 atom stereocenters. The zero-order chi connectivity index (χ0) is 10.7. The summed E-state index contributed by atoms with van der Waals surface area (Å²) in [7, 11) is 0. The maximum absolute atomic E-state index is 5.87. The van der Waals surface area contributed by atoms with Gasteiger partial charge in [-0.2, -0.15) is 0 Å². The molecule has 0 amide bonds. The summed E-state index contributed by atoms with van der Waals surface area (Å²) in [6, 6.07) is 4.34. The van der Waals surface area contributed by atoms with Crippen molar-refractivity contribution in [2.75, 3.05) is 6.61 Å². The van der Waals surface area contributed by atoms with Crippen molar-refractivity contribution < 1.29 is 4.74 Å². The Kier molecular flexibility index (Phi) is 3.47. The fourth-order valence-corrected chi connectivity index (χ4v) is 2.42. The molecule has 0 aliphatic heterocycles. The molecule has 0 N–H and O–H groups in total. The second-order valence-corrected chi connectivity index (χ2v) is 4.54. The zero-order valence-electron chi connectivity index (χ0n) is 9.83. The minimum absolute atomic E-state index is 0.543. The predicted molar refractivity (Wildman–Crippen MR) is 62.1 cm³/mol. The minimum Gasteiger partial charge on any atom is -0.376 e. The van der Waals surface area contributed by atoms with Crippen LogP contribution >= 0.6 is 0 Å². The summed E-state index contributed by atoms with van der Waals surface area (Å²) in [6.45, 7) is 6.17. The van der Waals surface area contributed by atoms with Crippen LogP contribution in [0.15, 0.2) is 12.1 Å². The fourth-order valence-electron chi connectivity index (χ4n) is 2.42. The van der Waals surface area contributed by atoms with Crippen molar-refractivity contribution in [2.24, 2.45) is 0 Å². The van der Waals surface area contributed by atoms with Gasteiger partial charge in [0.15, 0.2) is 0 Å². The Morgan fingerprint density at radius 2 is 1.80 bits per heavy atom. The summed E-state index contributed by atoms with van der Waals surface area (Å²) in [5.41, 5.74) is 2.67. The van der Waals surface area contributed by atoms with Crippen molar-refractivity contribution in [3.05, 3.63) is 23.5 Å². The molecule has 2 nitrogen and oxygen atoms in total. The highest BCUT2D eigenvalue weighted by Gasteiger charge is 2.14. The quantitative estimate of drug-likeness (QED) is 0.740. The molecule has 2 rings (SSSR count). The molecule has 0 spiro atoms. The minimum atomic E-state index is 0.543. The van der Waals surface area contributed by atoms with Crippen molar-refractivity contribution in [3.63, 3.8) is 0 Å². The summed E-state index contributed by atoms with van der Waals surface area (Å²) in [5, 5.41) is 0. The standard InChI is InChI=1S/C13H21NO/c1-11-7-8-12(2)14(11)9-10-15-13-5-3-4-6-13/h7-8,13H,3-6,9-10H2,1-2H3. The lowest BCUT2D eigenvalue weighted by atomic mass is 10.3. The van der Waals surface area contributed by atoms with Crippen LogP contribution in [0.4, 0.5) is 0 Å². The van der Waals surface area contributed by atoms with E-state index >= 15 is 0 Å².